The largest absolute Gasteiger partial charge is 0.493 e. The molecule has 144 valence electrons. The highest BCUT2D eigenvalue weighted by Crippen LogP contribution is 2.48. The number of Topliss-reactive ketones (excluding diaryl/α,β-unsaturated/α-hetero) is 1. The van der Waals surface area contributed by atoms with Gasteiger partial charge in [0, 0.05) is 17.7 Å². The van der Waals surface area contributed by atoms with Gasteiger partial charge in [0.1, 0.15) is 6.10 Å². The van der Waals surface area contributed by atoms with Crippen LogP contribution in [0.5, 0.6) is 11.5 Å². The van der Waals surface area contributed by atoms with Gasteiger partial charge >= 0.3 is 0 Å². The smallest absolute Gasteiger partial charge is 0.192 e. The van der Waals surface area contributed by atoms with Crippen molar-refractivity contribution in [1.82, 2.24) is 0 Å². The Balaban J connectivity index is 1.93. The first kappa shape index (κ1) is 18.6. The van der Waals surface area contributed by atoms with E-state index in [2.05, 4.69) is 20.9 Å². The quantitative estimate of drug-likeness (QED) is 0.770. The van der Waals surface area contributed by atoms with Crippen LogP contribution in [-0.4, -0.2) is 32.3 Å². The summed E-state index contributed by atoms with van der Waals surface area (Å²) in [5, 5.41) is 0. The molecule has 2 unspecified atom stereocenters. The summed E-state index contributed by atoms with van der Waals surface area (Å²) in [5.74, 6) is 0.779. The number of ketones is 1. The van der Waals surface area contributed by atoms with Crippen LogP contribution < -0.4 is 15.2 Å². The predicted octanol–water partition coefficient (Wildman–Crippen LogP) is 3.54. The maximum atomic E-state index is 12.5. The third-order valence-electron chi connectivity index (χ3n) is 5.08. The van der Waals surface area contributed by atoms with Crippen LogP contribution in [0.4, 0.5) is 0 Å². The topological polar surface area (TPSA) is 83.1 Å². The van der Waals surface area contributed by atoms with Gasteiger partial charge in [0.15, 0.2) is 23.2 Å². The standard InChI is InChI=1S/C21H19BrN2O4/c1-10(25)17-18(11-8-14(22)20(27-3)16(9-11)26-2)13-4-5-15-12(6-7-24-15)19(13)28-21(17)23/h4-9,18-19H,23H2,1-3H3. The summed E-state index contributed by atoms with van der Waals surface area (Å²) in [5.41, 5.74) is 10.2. The normalized spacial score (nSPS) is 22.5. The van der Waals surface area contributed by atoms with Gasteiger partial charge < -0.3 is 19.9 Å². The van der Waals surface area contributed by atoms with Crippen LogP contribution >= 0.6 is 15.9 Å². The second kappa shape index (κ2) is 6.98. The first-order valence-electron chi connectivity index (χ1n) is 8.71. The number of methoxy groups -OCH3 is 2. The molecule has 3 aliphatic rings. The summed E-state index contributed by atoms with van der Waals surface area (Å²) in [6, 6.07) is 3.79. The molecule has 7 heteroatoms. The Morgan fingerprint density at radius 1 is 1.21 bits per heavy atom. The highest BCUT2D eigenvalue weighted by molar-refractivity contribution is 9.10. The summed E-state index contributed by atoms with van der Waals surface area (Å²) in [4.78, 5) is 16.8. The number of ether oxygens (including phenoxy) is 3. The van der Waals surface area contributed by atoms with Crippen LogP contribution in [0.25, 0.3) is 0 Å². The fraction of sp³-hybridized carbons (Fsp3) is 0.238. The van der Waals surface area contributed by atoms with E-state index in [9.17, 15) is 4.79 Å². The van der Waals surface area contributed by atoms with Gasteiger partial charge in [-0.15, -0.1) is 0 Å². The Morgan fingerprint density at radius 2 is 2.00 bits per heavy atom. The zero-order chi connectivity index (χ0) is 20.0. The number of nitrogens with two attached hydrogens (primary N) is 1. The van der Waals surface area contributed by atoms with E-state index in [-0.39, 0.29) is 23.7 Å². The Bertz CT molecular complexity index is 1030. The average molecular weight is 443 g/mol. The second-order valence-electron chi connectivity index (χ2n) is 6.62. The second-order valence-corrected chi connectivity index (χ2v) is 7.48. The van der Waals surface area contributed by atoms with E-state index < -0.39 is 0 Å². The van der Waals surface area contributed by atoms with Crippen LogP contribution in [0, 0.1) is 0 Å². The Morgan fingerprint density at radius 3 is 2.68 bits per heavy atom. The lowest BCUT2D eigenvalue weighted by Gasteiger charge is -2.37. The molecule has 2 aliphatic heterocycles. The highest BCUT2D eigenvalue weighted by atomic mass is 79.9. The molecular weight excluding hydrogens is 424 g/mol. The minimum atomic E-state index is -0.387. The maximum absolute atomic E-state index is 12.5. The SMILES string of the molecule is COc1cc(C2C3=CC=C4N=CC=C4C3OC(N)=C2C(C)=O)cc(Br)c1OC. The molecule has 0 radical (unpaired) electrons. The molecule has 0 spiro atoms. The van der Waals surface area contributed by atoms with Gasteiger partial charge in [-0.2, -0.15) is 0 Å². The van der Waals surface area contributed by atoms with E-state index in [0.717, 1.165) is 26.9 Å². The molecule has 1 aromatic rings. The number of benzene rings is 1. The van der Waals surface area contributed by atoms with Crippen molar-refractivity contribution < 1.29 is 19.0 Å². The van der Waals surface area contributed by atoms with E-state index in [1.807, 2.05) is 30.4 Å². The first-order chi connectivity index (χ1) is 13.5. The third kappa shape index (κ3) is 2.77. The van der Waals surface area contributed by atoms with Crippen LogP contribution in [0.15, 0.2) is 68.1 Å². The molecule has 0 amide bonds. The van der Waals surface area contributed by atoms with E-state index in [1.165, 1.54) is 6.92 Å². The molecular formula is C21H19BrN2O4. The Kier molecular flexibility index (Phi) is 4.63. The molecule has 0 aromatic heterocycles. The van der Waals surface area contributed by atoms with Crippen molar-refractivity contribution in [1.29, 1.82) is 0 Å². The Hall–Kier alpha value is -2.80. The van der Waals surface area contributed by atoms with Gasteiger partial charge in [0.2, 0.25) is 0 Å². The number of allylic oxidation sites excluding steroid dienone is 4. The predicted molar refractivity (Wildman–Crippen MR) is 109 cm³/mol. The van der Waals surface area contributed by atoms with Crippen molar-refractivity contribution in [3.05, 3.63) is 68.7 Å². The monoisotopic (exact) mass is 442 g/mol. The number of rotatable bonds is 4. The molecule has 6 nitrogen and oxygen atoms in total. The number of hydrogen-bond donors (Lipinski definition) is 1. The molecule has 2 N–H and O–H groups in total. The van der Waals surface area contributed by atoms with Gasteiger partial charge in [-0.1, -0.05) is 6.08 Å². The summed E-state index contributed by atoms with van der Waals surface area (Å²) >= 11 is 3.54. The van der Waals surface area contributed by atoms with Crippen LogP contribution in [-0.2, 0) is 9.53 Å². The van der Waals surface area contributed by atoms with Gasteiger partial charge in [-0.3, -0.25) is 9.79 Å². The lowest BCUT2D eigenvalue weighted by Crippen LogP contribution is -2.35. The van der Waals surface area contributed by atoms with Crippen molar-refractivity contribution in [2.45, 2.75) is 18.9 Å². The number of nitrogens with zero attached hydrogens (tertiary/aromatic N) is 1. The van der Waals surface area contributed by atoms with E-state index in [0.29, 0.717) is 17.1 Å². The molecule has 0 bridgehead atoms. The minimum absolute atomic E-state index is 0.139. The van der Waals surface area contributed by atoms with E-state index >= 15 is 0 Å². The minimum Gasteiger partial charge on any atom is -0.493 e. The van der Waals surface area contributed by atoms with Crippen LogP contribution in [0.1, 0.15) is 18.4 Å². The van der Waals surface area contributed by atoms with Crippen molar-refractivity contribution in [3.8, 4) is 11.5 Å². The van der Waals surface area contributed by atoms with Gasteiger partial charge in [0.05, 0.1) is 30.0 Å². The third-order valence-corrected chi connectivity index (χ3v) is 5.67. The highest BCUT2D eigenvalue weighted by Gasteiger charge is 2.41. The summed E-state index contributed by atoms with van der Waals surface area (Å²) in [6.45, 7) is 1.50. The summed E-state index contributed by atoms with van der Waals surface area (Å²) in [7, 11) is 3.15. The molecule has 0 fully saturated rings. The molecule has 0 saturated carbocycles. The van der Waals surface area contributed by atoms with E-state index in [1.54, 1.807) is 20.4 Å². The van der Waals surface area contributed by atoms with Crippen molar-refractivity contribution in [2.75, 3.05) is 14.2 Å². The molecule has 2 atom stereocenters. The summed E-state index contributed by atoms with van der Waals surface area (Å²) in [6.07, 6.45) is 7.17. The van der Waals surface area contributed by atoms with E-state index in [4.69, 9.17) is 19.9 Å². The zero-order valence-corrected chi connectivity index (χ0v) is 17.2. The lowest BCUT2D eigenvalue weighted by atomic mass is 9.75. The molecule has 1 aromatic carbocycles. The molecule has 4 rings (SSSR count). The number of halogens is 1. The number of fused-ring (bicyclic) bond motifs is 3. The number of hydrogen-bond acceptors (Lipinski definition) is 6. The Labute approximate surface area is 171 Å². The molecule has 1 aliphatic carbocycles. The molecule has 0 saturated heterocycles. The lowest BCUT2D eigenvalue weighted by molar-refractivity contribution is -0.114. The van der Waals surface area contributed by atoms with Crippen LogP contribution in [0.2, 0.25) is 0 Å². The molecule has 28 heavy (non-hydrogen) atoms. The number of carbonyl (C=O) groups excluding carboxylic acids is 1. The van der Waals surface area contributed by atoms with Gasteiger partial charge in [0.25, 0.3) is 0 Å². The van der Waals surface area contributed by atoms with Gasteiger partial charge in [-0.25, -0.2) is 0 Å². The maximum Gasteiger partial charge on any atom is 0.192 e. The fourth-order valence-corrected chi connectivity index (χ4v) is 4.50. The van der Waals surface area contributed by atoms with Crippen LogP contribution in [0.3, 0.4) is 0 Å². The first-order valence-corrected chi connectivity index (χ1v) is 9.50. The average Bonchev–Trinajstić information content (AvgIpc) is 3.15. The number of carbonyl (C=O) groups is 1. The summed E-state index contributed by atoms with van der Waals surface area (Å²) < 4.78 is 17.6. The van der Waals surface area contributed by atoms with Gasteiger partial charge in [-0.05, 0) is 58.3 Å². The van der Waals surface area contributed by atoms with Crippen molar-refractivity contribution in [2.24, 2.45) is 10.7 Å². The fourth-order valence-electron chi connectivity index (χ4n) is 3.88. The number of aliphatic imine (C=N–C) groups is 1. The zero-order valence-electron chi connectivity index (χ0n) is 15.7. The molecule has 2 heterocycles. The van der Waals surface area contributed by atoms with Crippen molar-refractivity contribution in [3.63, 3.8) is 0 Å². The van der Waals surface area contributed by atoms with Crippen molar-refractivity contribution >= 4 is 27.9 Å².